The molecule has 0 heterocycles. The van der Waals surface area contributed by atoms with Gasteiger partial charge in [0, 0.05) is 11.4 Å². The zero-order valence-electron chi connectivity index (χ0n) is 11.7. The second-order valence-electron chi connectivity index (χ2n) is 4.78. The van der Waals surface area contributed by atoms with Crippen LogP contribution in [0.3, 0.4) is 0 Å². The molecule has 1 N–H and O–H groups in total. The summed E-state index contributed by atoms with van der Waals surface area (Å²) in [6, 6.07) is 12.8. The van der Waals surface area contributed by atoms with Crippen molar-refractivity contribution in [2.75, 3.05) is 12.0 Å². The molecule has 0 saturated carbocycles. The summed E-state index contributed by atoms with van der Waals surface area (Å²) < 4.78 is 27.8. The van der Waals surface area contributed by atoms with Crippen molar-refractivity contribution in [1.82, 2.24) is 4.72 Å². The van der Waals surface area contributed by atoms with E-state index in [1.54, 1.807) is 23.9 Å². The summed E-state index contributed by atoms with van der Waals surface area (Å²) in [6.07, 6.45) is 2.84. The van der Waals surface area contributed by atoms with Crippen molar-refractivity contribution in [3.05, 3.63) is 42.5 Å². The Labute approximate surface area is 124 Å². The molecule has 20 heavy (non-hydrogen) atoms. The van der Waals surface area contributed by atoms with Crippen molar-refractivity contribution in [3.8, 4) is 0 Å². The Kier molecular flexibility index (Phi) is 5.07. The number of sulfonamides is 1. The molecule has 0 aliphatic carbocycles. The third-order valence-corrected chi connectivity index (χ3v) is 5.44. The molecule has 5 heteroatoms. The lowest BCUT2D eigenvalue weighted by molar-refractivity contribution is 0.558. The minimum Gasteiger partial charge on any atom is -0.208 e. The van der Waals surface area contributed by atoms with Gasteiger partial charge in [0.05, 0.1) is 4.90 Å². The van der Waals surface area contributed by atoms with Crippen LogP contribution < -0.4 is 4.72 Å². The SMILES string of the molecule is CSCCC(C)NS(=O)(=O)c1cccc2ccccc12. The summed E-state index contributed by atoms with van der Waals surface area (Å²) in [7, 11) is -3.48. The molecule has 0 fully saturated rings. The van der Waals surface area contributed by atoms with Crippen LogP contribution in [0.1, 0.15) is 13.3 Å². The zero-order chi connectivity index (χ0) is 14.6. The molecule has 0 aliphatic rings. The standard InChI is InChI=1S/C15H19NO2S2/c1-12(10-11-19-2)16-20(17,18)15-9-5-7-13-6-3-4-8-14(13)15/h3-9,12,16H,10-11H2,1-2H3. The highest BCUT2D eigenvalue weighted by molar-refractivity contribution is 7.98. The molecule has 3 nitrogen and oxygen atoms in total. The van der Waals surface area contributed by atoms with Crippen LogP contribution in [0.4, 0.5) is 0 Å². The van der Waals surface area contributed by atoms with Crippen molar-refractivity contribution in [2.45, 2.75) is 24.3 Å². The molecule has 0 spiro atoms. The van der Waals surface area contributed by atoms with Gasteiger partial charge in [0.25, 0.3) is 0 Å². The van der Waals surface area contributed by atoms with Gasteiger partial charge >= 0.3 is 0 Å². The van der Waals surface area contributed by atoms with Gasteiger partial charge in [0.2, 0.25) is 10.0 Å². The molecule has 0 bridgehead atoms. The first-order valence-corrected chi connectivity index (χ1v) is 9.41. The molecule has 1 atom stereocenters. The molecular weight excluding hydrogens is 290 g/mol. The van der Waals surface area contributed by atoms with E-state index in [9.17, 15) is 8.42 Å². The van der Waals surface area contributed by atoms with E-state index in [-0.39, 0.29) is 6.04 Å². The summed E-state index contributed by atoms with van der Waals surface area (Å²) in [5.74, 6) is 0.944. The zero-order valence-corrected chi connectivity index (χ0v) is 13.3. The number of thioether (sulfide) groups is 1. The molecule has 0 amide bonds. The smallest absolute Gasteiger partial charge is 0.208 e. The van der Waals surface area contributed by atoms with E-state index in [4.69, 9.17) is 0 Å². The number of hydrogen-bond donors (Lipinski definition) is 1. The van der Waals surface area contributed by atoms with Crippen molar-refractivity contribution in [3.63, 3.8) is 0 Å². The Bertz CT molecular complexity index is 678. The fourth-order valence-corrected chi connectivity index (χ4v) is 4.21. The predicted molar refractivity (Wildman–Crippen MR) is 86.7 cm³/mol. The summed E-state index contributed by atoms with van der Waals surface area (Å²) in [5.41, 5.74) is 0. The van der Waals surface area contributed by atoms with Crippen LogP contribution in [-0.4, -0.2) is 26.5 Å². The number of nitrogens with one attached hydrogen (secondary N) is 1. The van der Waals surface area contributed by atoms with Crippen LogP contribution in [0.5, 0.6) is 0 Å². The second kappa shape index (κ2) is 6.61. The third kappa shape index (κ3) is 3.53. The monoisotopic (exact) mass is 309 g/mol. The predicted octanol–water partition coefficient (Wildman–Crippen LogP) is 3.26. The lowest BCUT2D eigenvalue weighted by Crippen LogP contribution is -2.33. The van der Waals surface area contributed by atoms with Crippen molar-refractivity contribution in [2.24, 2.45) is 0 Å². The fourth-order valence-electron chi connectivity index (χ4n) is 2.11. The van der Waals surface area contributed by atoms with Gasteiger partial charge in [-0.15, -0.1) is 0 Å². The maximum absolute atomic E-state index is 12.5. The van der Waals surface area contributed by atoms with Crippen molar-refractivity contribution < 1.29 is 8.42 Å². The van der Waals surface area contributed by atoms with E-state index in [2.05, 4.69) is 4.72 Å². The maximum atomic E-state index is 12.5. The summed E-state index contributed by atoms with van der Waals surface area (Å²) in [6.45, 7) is 1.90. The molecule has 0 radical (unpaired) electrons. The van der Waals surface area contributed by atoms with Crippen LogP contribution in [-0.2, 0) is 10.0 Å². The quantitative estimate of drug-likeness (QED) is 0.891. The fraction of sp³-hybridized carbons (Fsp3) is 0.333. The second-order valence-corrected chi connectivity index (χ2v) is 7.45. The molecule has 2 aromatic carbocycles. The van der Waals surface area contributed by atoms with Crippen LogP contribution in [0.15, 0.2) is 47.4 Å². The number of benzene rings is 2. The number of fused-ring (bicyclic) bond motifs is 1. The molecule has 2 aromatic rings. The van der Waals surface area contributed by atoms with Crippen LogP contribution in [0.2, 0.25) is 0 Å². The van der Waals surface area contributed by atoms with Gasteiger partial charge in [-0.25, -0.2) is 13.1 Å². The summed E-state index contributed by atoms with van der Waals surface area (Å²) in [4.78, 5) is 0.353. The van der Waals surface area contributed by atoms with Crippen LogP contribution >= 0.6 is 11.8 Å². The molecule has 0 saturated heterocycles. The van der Waals surface area contributed by atoms with E-state index >= 15 is 0 Å². The van der Waals surface area contributed by atoms with Gasteiger partial charge in [0.1, 0.15) is 0 Å². The average molecular weight is 309 g/mol. The van der Waals surface area contributed by atoms with E-state index in [0.717, 1.165) is 22.9 Å². The lowest BCUT2D eigenvalue weighted by atomic mass is 10.1. The van der Waals surface area contributed by atoms with Crippen LogP contribution in [0.25, 0.3) is 10.8 Å². The van der Waals surface area contributed by atoms with Gasteiger partial charge in [-0.05, 0) is 36.8 Å². The first-order valence-electron chi connectivity index (χ1n) is 6.53. The van der Waals surface area contributed by atoms with Gasteiger partial charge < -0.3 is 0 Å². The normalized spacial score (nSPS) is 13.5. The maximum Gasteiger partial charge on any atom is 0.241 e. The minimum atomic E-state index is -3.48. The molecule has 0 aliphatic heterocycles. The molecular formula is C15H19NO2S2. The number of hydrogen-bond acceptors (Lipinski definition) is 3. The van der Waals surface area contributed by atoms with E-state index in [1.165, 1.54) is 0 Å². The largest absolute Gasteiger partial charge is 0.241 e. The van der Waals surface area contributed by atoms with Crippen molar-refractivity contribution >= 4 is 32.6 Å². The van der Waals surface area contributed by atoms with E-state index < -0.39 is 10.0 Å². The Morgan fingerprint density at radius 2 is 1.85 bits per heavy atom. The highest BCUT2D eigenvalue weighted by Gasteiger charge is 2.19. The Hall–Kier alpha value is -1.04. The molecule has 1 unspecified atom stereocenters. The highest BCUT2D eigenvalue weighted by atomic mass is 32.2. The van der Waals surface area contributed by atoms with Crippen molar-refractivity contribution in [1.29, 1.82) is 0 Å². The summed E-state index contributed by atoms with van der Waals surface area (Å²) in [5, 5.41) is 1.70. The first kappa shape index (κ1) is 15.4. The molecule has 108 valence electrons. The molecule has 2 rings (SSSR count). The topological polar surface area (TPSA) is 46.2 Å². The first-order chi connectivity index (χ1) is 9.54. The van der Waals surface area contributed by atoms with Gasteiger partial charge in [-0.3, -0.25) is 0 Å². The van der Waals surface area contributed by atoms with E-state index in [0.29, 0.717) is 4.90 Å². The van der Waals surface area contributed by atoms with Gasteiger partial charge in [0.15, 0.2) is 0 Å². The number of rotatable bonds is 6. The van der Waals surface area contributed by atoms with Gasteiger partial charge in [-0.1, -0.05) is 36.4 Å². The third-order valence-electron chi connectivity index (χ3n) is 3.15. The van der Waals surface area contributed by atoms with Gasteiger partial charge in [-0.2, -0.15) is 11.8 Å². The Morgan fingerprint density at radius 3 is 2.60 bits per heavy atom. The minimum absolute atomic E-state index is 0.0635. The summed E-state index contributed by atoms with van der Waals surface area (Å²) >= 11 is 1.72. The molecule has 0 aromatic heterocycles. The van der Waals surface area contributed by atoms with Crippen LogP contribution in [0, 0.1) is 0 Å². The Balaban J connectivity index is 2.32. The lowest BCUT2D eigenvalue weighted by Gasteiger charge is -2.15. The Morgan fingerprint density at radius 1 is 1.15 bits per heavy atom. The average Bonchev–Trinajstić information content (AvgIpc) is 2.44. The van der Waals surface area contributed by atoms with E-state index in [1.807, 2.05) is 43.5 Å². The highest BCUT2D eigenvalue weighted by Crippen LogP contribution is 2.23.